The minimum Gasteiger partial charge on any atom is -0.468 e. The molecule has 0 aliphatic heterocycles. The monoisotopic (exact) mass is 253 g/mol. The molecule has 5 nitrogen and oxygen atoms in total. The van der Waals surface area contributed by atoms with Gasteiger partial charge in [0.1, 0.15) is 5.54 Å². The maximum absolute atomic E-state index is 12.0. The topological polar surface area (TPSA) is 56.2 Å². The van der Waals surface area contributed by atoms with Crippen LogP contribution in [0, 0.1) is 13.8 Å². The molecule has 0 saturated carbocycles. The molecule has 0 radical (unpaired) electrons. The van der Waals surface area contributed by atoms with E-state index in [1.165, 1.54) is 7.11 Å². The largest absolute Gasteiger partial charge is 0.468 e. The number of carbonyl (C=O) groups is 1. The summed E-state index contributed by atoms with van der Waals surface area (Å²) in [6, 6.07) is 0.194. The average molecular weight is 253 g/mol. The Labute approximate surface area is 109 Å². The van der Waals surface area contributed by atoms with Crippen molar-refractivity contribution in [1.82, 2.24) is 14.9 Å². The highest BCUT2D eigenvalue weighted by Crippen LogP contribution is 2.14. The molecule has 1 aromatic rings. The van der Waals surface area contributed by atoms with Gasteiger partial charge in [-0.05, 0) is 34.6 Å². The fourth-order valence-electron chi connectivity index (χ4n) is 2.08. The van der Waals surface area contributed by atoms with Crippen LogP contribution in [-0.2, 0) is 16.1 Å². The Morgan fingerprint density at radius 2 is 2.17 bits per heavy atom. The summed E-state index contributed by atoms with van der Waals surface area (Å²) in [5, 5.41) is 3.27. The molecular formula is C13H23N3O2. The number of rotatable bonds is 5. The quantitative estimate of drug-likeness (QED) is 0.807. The van der Waals surface area contributed by atoms with Gasteiger partial charge in [0.15, 0.2) is 0 Å². The first-order valence-electron chi connectivity index (χ1n) is 6.14. The van der Waals surface area contributed by atoms with E-state index in [0.717, 1.165) is 11.4 Å². The van der Waals surface area contributed by atoms with Crippen LogP contribution in [0.25, 0.3) is 0 Å². The van der Waals surface area contributed by atoms with E-state index in [-0.39, 0.29) is 12.0 Å². The van der Waals surface area contributed by atoms with Crippen LogP contribution in [0.2, 0.25) is 0 Å². The Balaban J connectivity index is 2.98. The zero-order chi connectivity index (χ0) is 13.9. The van der Waals surface area contributed by atoms with Gasteiger partial charge in [-0.1, -0.05) is 0 Å². The number of nitrogens with zero attached hydrogens (tertiary/aromatic N) is 2. The number of carbonyl (C=O) groups excluding carboxylic acids is 1. The van der Waals surface area contributed by atoms with Crippen molar-refractivity contribution in [2.75, 3.05) is 7.11 Å². The third kappa shape index (κ3) is 3.10. The summed E-state index contributed by atoms with van der Waals surface area (Å²) in [6.45, 7) is 10.3. The van der Waals surface area contributed by atoms with E-state index in [9.17, 15) is 4.79 Å². The number of hydrogen-bond donors (Lipinski definition) is 1. The van der Waals surface area contributed by atoms with Gasteiger partial charge in [0, 0.05) is 11.7 Å². The van der Waals surface area contributed by atoms with Gasteiger partial charge in [-0.15, -0.1) is 0 Å². The van der Waals surface area contributed by atoms with Crippen LogP contribution < -0.4 is 5.32 Å². The Bertz CT molecular complexity index is 426. The Kier molecular flexibility index (Phi) is 4.51. The zero-order valence-corrected chi connectivity index (χ0v) is 12.1. The number of hydrogen-bond acceptors (Lipinski definition) is 4. The molecule has 0 fully saturated rings. The van der Waals surface area contributed by atoms with Crippen LogP contribution in [0.4, 0.5) is 0 Å². The lowest BCUT2D eigenvalue weighted by molar-refractivity contribution is -0.148. The molecular weight excluding hydrogens is 230 g/mol. The second kappa shape index (κ2) is 5.52. The molecule has 1 aromatic heterocycles. The van der Waals surface area contributed by atoms with Gasteiger partial charge in [-0.25, -0.2) is 9.78 Å². The number of aromatic nitrogens is 2. The summed E-state index contributed by atoms with van der Waals surface area (Å²) >= 11 is 0. The van der Waals surface area contributed by atoms with Crippen LogP contribution in [0.1, 0.15) is 32.2 Å². The van der Waals surface area contributed by atoms with Gasteiger partial charge in [-0.3, -0.25) is 5.32 Å². The minimum absolute atomic E-state index is 0.194. The molecule has 1 N–H and O–H groups in total. The first kappa shape index (κ1) is 14.7. The zero-order valence-electron chi connectivity index (χ0n) is 12.1. The molecule has 0 spiro atoms. The summed E-state index contributed by atoms with van der Waals surface area (Å²) < 4.78 is 6.87. The summed E-state index contributed by atoms with van der Waals surface area (Å²) in [5.74, 6) is -0.262. The van der Waals surface area contributed by atoms with Crippen molar-refractivity contribution in [3.05, 3.63) is 17.7 Å². The molecule has 0 aromatic carbocycles. The van der Waals surface area contributed by atoms with Gasteiger partial charge >= 0.3 is 5.97 Å². The summed E-state index contributed by atoms with van der Waals surface area (Å²) in [6.07, 6.45) is 1.76. The van der Waals surface area contributed by atoms with E-state index in [0.29, 0.717) is 6.54 Å². The first-order chi connectivity index (χ1) is 8.30. The third-order valence-corrected chi connectivity index (χ3v) is 3.07. The van der Waals surface area contributed by atoms with E-state index >= 15 is 0 Å². The summed E-state index contributed by atoms with van der Waals surface area (Å²) in [4.78, 5) is 16.2. The Hall–Kier alpha value is -1.36. The fraction of sp³-hybridized carbons (Fsp3) is 0.692. The lowest BCUT2D eigenvalue weighted by Gasteiger charge is -2.30. The van der Waals surface area contributed by atoms with Gasteiger partial charge in [0.2, 0.25) is 0 Å². The molecule has 1 unspecified atom stereocenters. The molecule has 0 saturated heterocycles. The summed E-state index contributed by atoms with van der Waals surface area (Å²) in [7, 11) is 1.41. The smallest absolute Gasteiger partial charge is 0.327 e. The van der Waals surface area contributed by atoms with Crippen LogP contribution in [0.5, 0.6) is 0 Å². The highest BCUT2D eigenvalue weighted by Gasteiger charge is 2.35. The lowest BCUT2D eigenvalue weighted by atomic mass is 10.0. The van der Waals surface area contributed by atoms with Crippen LogP contribution >= 0.6 is 0 Å². The van der Waals surface area contributed by atoms with E-state index in [1.807, 2.05) is 39.2 Å². The molecule has 0 amide bonds. The number of aryl methyl sites for hydroxylation is 1. The second-order valence-electron chi connectivity index (χ2n) is 5.17. The Morgan fingerprint density at radius 3 is 2.56 bits per heavy atom. The standard InChI is InChI=1S/C13H23N3O2/c1-9(2)15-13(5,12(17)18-6)7-16-8-14-10(3)11(16)4/h8-9,15H,7H2,1-6H3. The van der Waals surface area contributed by atoms with Crippen LogP contribution in [0.3, 0.4) is 0 Å². The number of ether oxygens (including phenoxy) is 1. The SMILES string of the molecule is COC(=O)C(C)(Cn1cnc(C)c1C)NC(C)C. The van der Waals surface area contributed by atoms with E-state index in [2.05, 4.69) is 10.3 Å². The van der Waals surface area contributed by atoms with Crippen molar-refractivity contribution >= 4 is 5.97 Å². The molecule has 1 rings (SSSR count). The maximum atomic E-state index is 12.0. The van der Waals surface area contributed by atoms with Crippen molar-refractivity contribution in [2.24, 2.45) is 0 Å². The molecule has 102 valence electrons. The predicted molar refractivity (Wildman–Crippen MR) is 70.4 cm³/mol. The van der Waals surface area contributed by atoms with Gasteiger partial charge in [-0.2, -0.15) is 0 Å². The highest BCUT2D eigenvalue weighted by molar-refractivity contribution is 5.80. The van der Waals surface area contributed by atoms with Crippen molar-refractivity contribution in [2.45, 2.75) is 52.7 Å². The highest BCUT2D eigenvalue weighted by atomic mass is 16.5. The minimum atomic E-state index is -0.749. The lowest BCUT2D eigenvalue weighted by Crippen LogP contribution is -2.55. The molecule has 0 aliphatic carbocycles. The van der Waals surface area contributed by atoms with Crippen LogP contribution in [0.15, 0.2) is 6.33 Å². The third-order valence-electron chi connectivity index (χ3n) is 3.07. The van der Waals surface area contributed by atoms with Gasteiger partial charge in [0.25, 0.3) is 0 Å². The number of imidazole rings is 1. The van der Waals surface area contributed by atoms with Crippen LogP contribution in [-0.4, -0.2) is 34.2 Å². The number of methoxy groups -OCH3 is 1. The molecule has 1 atom stereocenters. The van der Waals surface area contributed by atoms with E-state index in [4.69, 9.17) is 4.74 Å². The summed E-state index contributed by atoms with van der Waals surface area (Å²) in [5.41, 5.74) is 1.29. The fourth-order valence-corrected chi connectivity index (χ4v) is 2.08. The van der Waals surface area contributed by atoms with Gasteiger partial charge < -0.3 is 9.30 Å². The predicted octanol–water partition coefficient (Wildman–Crippen LogP) is 1.43. The molecule has 5 heteroatoms. The number of esters is 1. The first-order valence-corrected chi connectivity index (χ1v) is 6.14. The normalized spacial score (nSPS) is 14.6. The van der Waals surface area contributed by atoms with Crippen molar-refractivity contribution < 1.29 is 9.53 Å². The van der Waals surface area contributed by atoms with E-state index < -0.39 is 5.54 Å². The second-order valence-corrected chi connectivity index (χ2v) is 5.17. The number of nitrogens with one attached hydrogen (secondary N) is 1. The molecule has 0 bridgehead atoms. The molecule has 0 aliphatic rings. The molecule has 18 heavy (non-hydrogen) atoms. The Morgan fingerprint density at radius 1 is 1.56 bits per heavy atom. The van der Waals surface area contributed by atoms with Gasteiger partial charge in [0.05, 0.1) is 25.7 Å². The molecule has 1 heterocycles. The maximum Gasteiger partial charge on any atom is 0.327 e. The van der Waals surface area contributed by atoms with Crippen molar-refractivity contribution in [3.63, 3.8) is 0 Å². The average Bonchev–Trinajstić information content (AvgIpc) is 2.58. The van der Waals surface area contributed by atoms with Crippen molar-refractivity contribution in [3.8, 4) is 0 Å². The van der Waals surface area contributed by atoms with Crippen molar-refractivity contribution in [1.29, 1.82) is 0 Å². The van der Waals surface area contributed by atoms with E-state index in [1.54, 1.807) is 6.33 Å².